The van der Waals surface area contributed by atoms with Crippen LogP contribution >= 0.6 is 11.6 Å². The number of hydrogen-bond acceptors (Lipinski definition) is 4. The van der Waals surface area contributed by atoms with Gasteiger partial charge in [0.15, 0.2) is 15.8 Å². The molecule has 1 saturated carbocycles. The molecule has 3 rings (SSSR count). The zero-order valence-corrected chi connectivity index (χ0v) is 16.1. The Bertz CT molecular complexity index is 736. The molecule has 1 aliphatic carbocycles. The van der Waals surface area contributed by atoms with Gasteiger partial charge < -0.3 is 15.5 Å². The van der Waals surface area contributed by atoms with Crippen LogP contribution in [0.5, 0.6) is 0 Å². The summed E-state index contributed by atoms with van der Waals surface area (Å²) in [4.78, 5) is 8.73. The number of rotatable bonds is 4. The van der Waals surface area contributed by atoms with E-state index in [1.165, 1.54) is 6.26 Å². The van der Waals surface area contributed by atoms with Gasteiger partial charge in [-0.15, -0.1) is 0 Å². The summed E-state index contributed by atoms with van der Waals surface area (Å²) >= 11 is 5.93. The minimum atomic E-state index is -3.10. The summed E-state index contributed by atoms with van der Waals surface area (Å²) in [5.74, 6) is 0.450. The molecule has 0 radical (unpaired) electrons. The van der Waals surface area contributed by atoms with Gasteiger partial charge in [-0.2, -0.15) is 0 Å². The van der Waals surface area contributed by atoms with E-state index >= 15 is 0 Å². The van der Waals surface area contributed by atoms with Crippen molar-refractivity contribution in [3.63, 3.8) is 0 Å². The first kappa shape index (κ1) is 18.3. The number of piperazine rings is 1. The van der Waals surface area contributed by atoms with Gasteiger partial charge in [0.25, 0.3) is 0 Å². The predicted molar refractivity (Wildman–Crippen MR) is 103 cm³/mol. The molecule has 25 heavy (non-hydrogen) atoms. The number of anilines is 1. The molecule has 6 nitrogen and oxygen atoms in total. The number of sulfone groups is 1. The summed E-state index contributed by atoms with van der Waals surface area (Å²) < 4.78 is 23.3. The highest BCUT2D eigenvalue weighted by molar-refractivity contribution is 7.92. The van der Waals surface area contributed by atoms with Gasteiger partial charge in [0.1, 0.15) is 0 Å². The van der Waals surface area contributed by atoms with E-state index in [4.69, 9.17) is 17.3 Å². The molecule has 8 heteroatoms. The molecular formula is C17H25ClN4O2S. The van der Waals surface area contributed by atoms with E-state index in [0.29, 0.717) is 18.8 Å². The molecule has 1 heterocycles. The van der Waals surface area contributed by atoms with E-state index in [2.05, 4.69) is 9.89 Å². The summed E-state index contributed by atoms with van der Waals surface area (Å²) in [6.07, 6.45) is 3.63. The number of benzene rings is 1. The van der Waals surface area contributed by atoms with Crippen molar-refractivity contribution in [1.82, 2.24) is 4.90 Å². The Hall–Kier alpha value is -1.47. The lowest BCUT2D eigenvalue weighted by atomic mass is 9.84. The lowest BCUT2D eigenvalue weighted by molar-refractivity contribution is 0.341. The fraction of sp³-hybridized carbons (Fsp3) is 0.588. The second kappa shape index (κ2) is 7.03. The van der Waals surface area contributed by atoms with Crippen molar-refractivity contribution < 1.29 is 8.42 Å². The van der Waals surface area contributed by atoms with Gasteiger partial charge >= 0.3 is 0 Å². The number of nitrogens with two attached hydrogens (primary N) is 1. The summed E-state index contributed by atoms with van der Waals surface area (Å²) in [6, 6.07) is 7.81. The maximum atomic E-state index is 12.0. The molecule has 2 aliphatic rings. The SMILES string of the molecule is CS(=O)(=O)C1(CN=C(N)N2CCN(c3ccc(Cl)cc3)CC2)CCC1. The first-order valence-corrected chi connectivity index (χ1v) is 10.8. The zero-order chi connectivity index (χ0) is 18.1. The molecule has 2 N–H and O–H groups in total. The number of guanidine groups is 1. The molecule has 0 amide bonds. The fourth-order valence-corrected chi connectivity index (χ4v) is 4.84. The van der Waals surface area contributed by atoms with Gasteiger partial charge in [-0.25, -0.2) is 8.42 Å². The highest BCUT2D eigenvalue weighted by Crippen LogP contribution is 2.39. The zero-order valence-electron chi connectivity index (χ0n) is 14.5. The van der Waals surface area contributed by atoms with Crippen LogP contribution in [0, 0.1) is 0 Å². The van der Waals surface area contributed by atoms with Crippen LogP contribution in [0.15, 0.2) is 29.3 Å². The lowest BCUT2D eigenvalue weighted by Gasteiger charge is -2.39. The number of halogens is 1. The largest absolute Gasteiger partial charge is 0.370 e. The highest BCUT2D eigenvalue weighted by Gasteiger charge is 2.46. The van der Waals surface area contributed by atoms with E-state index in [-0.39, 0.29) is 6.54 Å². The quantitative estimate of drug-likeness (QED) is 0.632. The average Bonchev–Trinajstić information content (AvgIpc) is 2.53. The van der Waals surface area contributed by atoms with Crippen LogP contribution < -0.4 is 10.6 Å². The Morgan fingerprint density at radius 1 is 1.20 bits per heavy atom. The molecule has 0 aromatic heterocycles. The predicted octanol–water partition coefficient (Wildman–Crippen LogP) is 1.74. The molecule has 1 saturated heterocycles. The molecule has 0 bridgehead atoms. The van der Waals surface area contributed by atoms with Crippen LogP contribution in [0.2, 0.25) is 5.02 Å². The minimum Gasteiger partial charge on any atom is -0.370 e. The summed E-state index contributed by atoms with van der Waals surface area (Å²) in [6.45, 7) is 3.49. The molecular weight excluding hydrogens is 360 g/mol. The second-order valence-electron chi connectivity index (χ2n) is 6.93. The molecule has 0 spiro atoms. The Kier molecular flexibility index (Phi) is 5.16. The van der Waals surface area contributed by atoms with E-state index < -0.39 is 14.6 Å². The van der Waals surface area contributed by atoms with E-state index in [1.807, 2.05) is 29.2 Å². The second-order valence-corrected chi connectivity index (χ2v) is 9.78. The van der Waals surface area contributed by atoms with Crippen molar-refractivity contribution in [1.29, 1.82) is 0 Å². The molecule has 138 valence electrons. The normalized spacial score (nSPS) is 21.1. The molecule has 0 atom stereocenters. The standard InChI is InChI=1S/C17H25ClN4O2S/c1-25(23,24)17(7-2-8-17)13-20-16(19)22-11-9-21(10-12-22)15-5-3-14(18)4-6-15/h3-6H,2,7-13H2,1H3,(H2,19,20). The molecule has 1 aromatic carbocycles. The number of aliphatic imine (C=N–C) groups is 1. The Labute approximate surface area is 154 Å². The van der Waals surface area contributed by atoms with Crippen LogP contribution in [0.1, 0.15) is 19.3 Å². The summed E-state index contributed by atoms with van der Waals surface area (Å²) in [5.41, 5.74) is 7.27. The van der Waals surface area contributed by atoms with E-state index in [0.717, 1.165) is 43.3 Å². The van der Waals surface area contributed by atoms with Gasteiger partial charge in [0.05, 0.1) is 11.3 Å². The highest BCUT2D eigenvalue weighted by atomic mass is 35.5. The first-order valence-electron chi connectivity index (χ1n) is 8.56. The Morgan fingerprint density at radius 3 is 2.28 bits per heavy atom. The van der Waals surface area contributed by atoms with Crippen LogP contribution in [-0.2, 0) is 9.84 Å². The summed E-state index contributed by atoms with van der Waals surface area (Å²) in [5, 5.41) is 0.731. The van der Waals surface area contributed by atoms with Crippen LogP contribution in [0.25, 0.3) is 0 Å². The Balaban J connectivity index is 1.58. The minimum absolute atomic E-state index is 0.273. The van der Waals surface area contributed by atoms with Crippen molar-refractivity contribution in [2.24, 2.45) is 10.7 Å². The molecule has 2 fully saturated rings. The van der Waals surface area contributed by atoms with E-state index in [1.54, 1.807) is 0 Å². The van der Waals surface area contributed by atoms with E-state index in [9.17, 15) is 8.42 Å². The van der Waals surface area contributed by atoms with Crippen molar-refractivity contribution in [2.45, 2.75) is 24.0 Å². The smallest absolute Gasteiger partial charge is 0.191 e. The molecule has 1 aromatic rings. The molecule has 0 unspecified atom stereocenters. The monoisotopic (exact) mass is 384 g/mol. The topological polar surface area (TPSA) is 79.0 Å². The van der Waals surface area contributed by atoms with Crippen LogP contribution in [-0.4, -0.2) is 63.0 Å². The third-order valence-electron chi connectivity index (χ3n) is 5.38. The van der Waals surface area contributed by atoms with Crippen molar-refractivity contribution in [2.75, 3.05) is 43.9 Å². The van der Waals surface area contributed by atoms with Gasteiger partial charge in [0, 0.05) is 43.1 Å². The molecule has 1 aliphatic heterocycles. The van der Waals surface area contributed by atoms with Gasteiger partial charge in [-0.3, -0.25) is 4.99 Å². The van der Waals surface area contributed by atoms with Crippen LogP contribution in [0.4, 0.5) is 5.69 Å². The maximum Gasteiger partial charge on any atom is 0.191 e. The van der Waals surface area contributed by atoms with Gasteiger partial charge in [0.2, 0.25) is 0 Å². The number of hydrogen-bond donors (Lipinski definition) is 1. The number of nitrogens with zero attached hydrogens (tertiary/aromatic N) is 3. The Morgan fingerprint density at radius 2 is 1.80 bits per heavy atom. The first-order chi connectivity index (χ1) is 11.8. The van der Waals surface area contributed by atoms with Crippen molar-refractivity contribution >= 4 is 33.1 Å². The van der Waals surface area contributed by atoms with Crippen molar-refractivity contribution in [3.8, 4) is 0 Å². The summed E-state index contributed by atoms with van der Waals surface area (Å²) in [7, 11) is -3.10. The fourth-order valence-electron chi connectivity index (χ4n) is 3.39. The van der Waals surface area contributed by atoms with Crippen molar-refractivity contribution in [3.05, 3.63) is 29.3 Å². The van der Waals surface area contributed by atoms with Gasteiger partial charge in [-0.1, -0.05) is 18.0 Å². The third-order valence-corrected chi connectivity index (χ3v) is 7.74. The average molecular weight is 385 g/mol. The lowest BCUT2D eigenvalue weighted by Crippen LogP contribution is -2.52. The van der Waals surface area contributed by atoms with Crippen LogP contribution in [0.3, 0.4) is 0 Å². The van der Waals surface area contributed by atoms with Gasteiger partial charge in [-0.05, 0) is 37.1 Å². The third kappa shape index (κ3) is 3.87. The maximum absolute atomic E-state index is 12.0.